The van der Waals surface area contributed by atoms with E-state index in [1.807, 2.05) is 0 Å². The van der Waals surface area contributed by atoms with Gasteiger partial charge in [-0.2, -0.15) is 8.78 Å². The fraction of sp³-hybridized carbons (Fsp3) is 0.588. The minimum absolute atomic E-state index is 0.0363. The molecule has 1 aliphatic carbocycles. The minimum Gasteiger partial charge on any atom is -0.370 e. The summed E-state index contributed by atoms with van der Waals surface area (Å²) in [6, 6.07) is 5.78. The number of rotatable bonds is 6. The van der Waals surface area contributed by atoms with Crippen molar-refractivity contribution in [2.75, 3.05) is 24.5 Å². The van der Waals surface area contributed by atoms with Crippen molar-refractivity contribution in [3.8, 4) is 0 Å². The molecule has 3 rings (SSSR count). The smallest absolute Gasteiger partial charge is 0.341 e. The molecular formula is C17H22F2N2O3S. The van der Waals surface area contributed by atoms with Crippen LogP contribution in [0.1, 0.15) is 25.7 Å². The summed E-state index contributed by atoms with van der Waals surface area (Å²) in [7, 11) is -4.68. The second kappa shape index (κ2) is 7.27. The van der Waals surface area contributed by atoms with E-state index in [2.05, 4.69) is 5.32 Å². The van der Waals surface area contributed by atoms with Crippen LogP contribution < -0.4 is 10.2 Å². The number of carbonyl (C=O) groups excluding carboxylic acids is 1. The maximum absolute atomic E-state index is 13.0. The summed E-state index contributed by atoms with van der Waals surface area (Å²) in [5, 5.41) is 2.95. The number of sulfone groups is 1. The molecule has 1 unspecified atom stereocenters. The van der Waals surface area contributed by atoms with Crippen molar-refractivity contribution >= 4 is 21.4 Å². The third kappa shape index (κ3) is 4.11. The number of hydrogen-bond donors (Lipinski definition) is 1. The first kappa shape index (κ1) is 18.1. The highest BCUT2D eigenvalue weighted by molar-refractivity contribution is 7.91. The topological polar surface area (TPSA) is 66.5 Å². The van der Waals surface area contributed by atoms with Gasteiger partial charge in [0, 0.05) is 19.6 Å². The molecule has 1 atom stereocenters. The van der Waals surface area contributed by atoms with E-state index in [4.69, 9.17) is 0 Å². The Labute approximate surface area is 146 Å². The van der Waals surface area contributed by atoms with Crippen LogP contribution in [0.15, 0.2) is 29.2 Å². The molecule has 1 saturated heterocycles. The molecule has 138 valence electrons. The summed E-state index contributed by atoms with van der Waals surface area (Å²) in [4.78, 5) is 13.7. The molecule has 25 heavy (non-hydrogen) atoms. The Morgan fingerprint density at radius 3 is 2.64 bits per heavy atom. The zero-order chi connectivity index (χ0) is 18.0. The first-order valence-electron chi connectivity index (χ1n) is 8.53. The summed E-state index contributed by atoms with van der Waals surface area (Å²) in [5.41, 5.74) is 0.252. The first-order chi connectivity index (χ1) is 11.9. The van der Waals surface area contributed by atoms with Crippen molar-refractivity contribution in [1.29, 1.82) is 0 Å². The van der Waals surface area contributed by atoms with Crippen LogP contribution in [0.4, 0.5) is 14.5 Å². The first-order valence-corrected chi connectivity index (χ1v) is 10.1. The molecule has 0 aromatic heterocycles. The minimum atomic E-state index is -4.68. The quantitative estimate of drug-likeness (QED) is 0.833. The van der Waals surface area contributed by atoms with Gasteiger partial charge >= 0.3 is 5.76 Å². The van der Waals surface area contributed by atoms with Gasteiger partial charge in [-0.25, -0.2) is 8.42 Å². The van der Waals surface area contributed by atoms with E-state index >= 15 is 0 Å². The number of benzene rings is 1. The van der Waals surface area contributed by atoms with Crippen LogP contribution in [0.2, 0.25) is 0 Å². The zero-order valence-corrected chi connectivity index (χ0v) is 14.6. The summed E-state index contributed by atoms with van der Waals surface area (Å²) >= 11 is 0. The largest absolute Gasteiger partial charge is 0.370 e. The van der Waals surface area contributed by atoms with Gasteiger partial charge in [-0.15, -0.1) is 0 Å². The number of alkyl halides is 2. The number of hydrogen-bond acceptors (Lipinski definition) is 4. The third-order valence-corrected chi connectivity index (χ3v) is 6.23. The molecule has 1 aliphatic heterocycles. The van der Waals surface area contributed by atoms with E-state index in [-0.39, 0.29) is 22.4 Å². The molecule has 1 amide bonds. The summed E-state index contributed by atoms with van der Waals surface area (Å²) in [6.07, 6.45) is 3.73. The highest BCUT2D eigenvalue weighted by atomic mass is 32.2. The Kier molecular flexibility index (Phi) is 5.27. The van der Waals surface area contributed by atoms with E-state index in [0.717, 1.165) is 19.3 Å². The molecule has 2 aliphatic rings. The van der Waals surface area contributed by atoms with Gasteiger partial charge in [-0.05, 0) is 43.7 Å². The second-order valence-corrected chi connectivity index (χ2v) is 8.63. The van der Waals surface area contributed by atoms with E-state index < -0.39 is 15.6 Å². The normalized spacial score (nSPS) is 21.4. The highest BCUT2D eigenvalue weighted by Gasteiger charge is 2.33. The Bertz CT molecular complexity index is 735. The number of nitrogens with one attached hydrogen (secondary N) is 1. The number of piperidine rings is 1. The molecule has 1 aromatic rings. The van der Waals surface area contributed by atoms with Gasteiger partial charge < -0.3 is 10.2 Å². The SMILES string of the molecule is O=C(NCC1CC1)C1CCCN(c2ccccc2S(=O)(=O)C(F)F)C1. The van der Waals surface area contributed by atoms with Crippen molar-refractivity contribution < 1.29 is 22.0 Å². The molecule has 2 fully saturated rings. The summed E-state index contributed by atoms with van der Waals surface area (Å²) < 4.78 is 49.8. The number of halogens is 2. The fourth-order valence-electron chi connectivity index (χ4n) is 3.18. The molecule has 8 heteroatoms. The highest BCUT2D eigenvalue weighted by Crippen LogP contribution is 2.32. The van der Waals surface area contributed by atoms with Crippen molar-refractivity contribution in [1.82, 2.24) is 5.32 Å². The molecule has 1 aromatic carbocycles. The number of carbonyl (C=O) groups is 1. The Morgan fingerprint density at radius 1 is 1.24 bits per heavy atom. The molecular weight excluding hydrogens is 350 g/mol. The van der Waals surface area contributed by atoms with E-state index in [9.17, 15) is 22.0 Å². The molecule has 1 heterocycles. The van der Waals surface area contributed by atoms with Crippen LogP contribution in [0.3, 0.4) is 0 Å². The molecule has 0 radical (unpaired) electrons. The third-order valence-electron chi connectivity index (χ3n) is 4.80. The van der Waals surface area contributed by atoms with Crippen molar-refractivity contribution in [2.45, 2.75) is 36.3 Å². The van der Waals surface area contributed by atoms with Crippen molar-refractivity contribution in [2.24, 2.45) is 11.8 Å². The van der Waals surface area contributed by atoms with Gasteiger partial charge in [-0.1, -0.05) is 12.1 Å². The summed E-state index contributed by atoms with van der Waals surface area (Å²) in [5.74, 6) is -3.17. The predicted octanol–water partition coefficient (Wildman–Crippen LogP) is 2.43. The standard InChI is InChI=1S/C17H22F2N2O3S/c18-17(19)25(23,24)15-6-2-1-5-14(15)21-9-3-4-13(11-21)16(22)20-10-12-7-8-12/h1-2,5-6,12-13,17H,3-4,7-11H2,(H,20,22). The Morgan fingerprint density at radius 2 is 1.96 bits per heavy atom. The van der Waals surface area contributed by atoms with Crippen LogP contribution in [0, 0.1) is 11.8 Å². The van der Waals surface area contributed by atoms with Gasteiger partial charge in [-0.3, -0.25) is 4.79 Å². The Balaban J connectivity index is 1.76. The molecule has 5 nitrogen and oxygen atoms in total. The van der Waals surface area contributed by atoms with Crippen molar-refractivity contribution in [3.63, 3.8) is 0 Å². The Hall–Kier alpha value is -1.70. The van der Waals surface area contributed by atoms with Crippen LogP contribution >= 0.6 is 0 Å². The predicted molar refractivity (Wildman–Crippen MR) is 90.3 cm³/mol. The van der Waals surface area contributed by atoms with E-state index in [1.165, 1.54) is 18.2 Å². The fourth-order valence-corrected chi connectivity index (χ4v) is 4.13. The number of anilines is 1. The van der Waals surface area contributed by atoms with Gasteiger partial charge in [0.05, 0.1) is 16.5 Å². The van der Waals surface area contributed by atoms with E-state index in [0.29, 0.717) is 32.0 Å². The molecule has 1 N–H and O–H groups in total. The number of amides is 1. The molecule has 0 spiro atoms. The maximum Gasteiger partial charge on any atom is 0.341 e. The number of para-hydroxylation sites is 1. The molecule has 1 saturated carbocycles. The van der Waals surface area contributed by atoms with Gasteiger partial charge in [0.2, 0.25) is 15.7 Å². The van der Waals surface area contributed by atoms with Gasteiger partial charge in [0.15, 0.2) is 0 Å². The lowest BCUT2D eigenvalue weighted by molar-refractivity contribution is -0.125. The second-order valence-electron chi connectivity index (χ2n) is 6.75. The van der Waals surface area contributed by atoms with E-state index in [1.54, 1.807) is 11.0 Å². The monoisotopic (exact) mass is 372 g/mol. The van der Waals surface area contributed by atoms with Gasteiger partial charge in [0.1, 0.15) is 0 Å². The van der Waals surface area contributed by atoms with Crippen LogP contribution in [-0.2, 0) is 14.6 Å². The van der Waals surface area contributed by atoms with Crippen molar-refractivity contribution in [3.05, 3.63) is 24.3 Å². The summed E-state index contributed by atoms with van der Waals surface area (Å²) in [6.45, 7) is 1.57. The lowest BCUT2D eigenvalue weighted by Gasteiger charge is -2.34. The lowest BCUT2D eigenvalue weighted by Crippen LogP contribution is -2.44. The average molecular weight is 372 g/mol. The van der Waals surface area contributed by atoms with Crippen LogP contribution in [0.25, 0.3) is 0 Å². The average Bonchev–Trinajstić information content (AvgIpc) is 3.44. The van der Waals surface area contributed by atoms with Crippen LogP contribution in [-0.4, -0.2) is 39.7 Å². The van der Waals surface area contributed by atoms with Gasteiger partial charge in [0.25, 0.3) is 0 Å². The number of nitrogens with zero attached hydrogens (tertiary/aromatic N) is 1. The maximum atomic E-state index is 13.0. The van der Waals surface area contributed by atoms with Crippen LogP contribution in [0.5, 0.6) is 0 Å². The molecule has 0 bridgehead atoms. The zero-order valence-electron chi connectivity index (χ0n) is 13.8. The lowest BCUT2D eigenvalue weighted by atomic mass is 9.96.